The third-order valence-electron chi connectivity index (χ3n) is 4.41. The van der Waals surface area contributed by atoms with Crippen molar-refractivity contribution in [1.82, 2.24) is 9.97 Å². The van der Waals surface area contributed by atoms with Gasteiger partial charge in [0, 0.05) is 25.5 Å². The summed E-state index contributed by atoms with van der Waals surface area (Å²) in [5.74, 6) is -5.40. The molecule has 0 radical (unpaired) electrons. The third kappa shape index (κ3) is 3.92. The lowest BCUT2D eigenvalue weighted by Crippen LogP contribution is -2.37. The summed E-state index contributed by atoms with van der Waals surface area (Å²) in [4.78, 5) is 20.7. The lowest BCUT2D eigenvalue weighted by Gasteiger charge is -2.34. The summed E-state index contributed by atoms with van der Waals surface area (Å²) < 4.78 is 27.4. The van der Waals surface area contributed by atoms with E-state index >= 15 is 0 Å². The fourth-order valence-electron chi connectivity index (χ4n) is 3.18. The van der Waals surface area contributed by atoms with Crippen LogP contribution in [-0.4, -0.2) is 34.1 Å². The van der Waals surface area contributed by atoms with E-state index in [1.807, 2.05) is 23.2 Å². The van der Waals surface area contributed by atoms with E-state index in [2.05, 4.69) is 9.97 Å². The number of alkyl halides is 2. The monoisotopic (exact) mass is 347 g/mol. The largest absolute Gasteiger partial charge is 0.476 e. The molecule has 2 aromatic rings. The first-order valence-corrected chi connectivity index (χ1v) is 8.19. The number of carbonyl (C=O) groups is 1. The van der Waals surface area contributed by atoms with E-state index in [1.165, 1.54) is 6.07 Å². The van der Waals surface area contributed by atoms with Crippen molar-refractivity contribution in [2.24, 2.45) is 5.92 Å². The van der Waals surface area contributed by atoms with E-state index < -0.39 is 17.6 Å². The molecule has 0 bridgehead atoms. The Kier molecular flexibility index (Phi) is 4.92. The standard InChI is InChI=1S/C18H19F2N3O2/c19-18(20,17(24)25)15-6-1-7-16(22-15)23-9-3-5-14(12-23)10-13-4-2-8-21-11-13/h1-2,4,6-8,11,14H,3,5,9-10,12H2,(H,24,25). The number of carboxylic acid groups (broad SMARTS) is 1. The number of rotatable bonds is 5. The van der Waals surface area contributed by atoms with Gasteiger partial charge in [0.15, 0.2) is 0 Å². The van der Waals surface area contributed by atoms with Gasteiger partial charge in [-0.2, -0.15) is 8.78 Å². The SMILES string of the molecule is O=C(O)C(F)(F)c1cccc(N2CCCC(Cc3cccnc3)C2)n1. The van der Waals surface area contributed by atoms with Crippen LogP contribution in [-0.2, 0) is 17.1 Å². The predicted octanol–water partition coefficient (Wildman–Crippen LogP) is 3.11. The molecule has 1 aliphatic heterocycles. The zero-order chi connectivity index (χ0) is 17.9. The highest BCUT2D eigenvalue weighted by molar-refractivity contribution is 5.76. The summed E-state index contributed by atoms with van der Waals surface area (Å²) in [7, 11) is 0. The fourth-order valence-corrected chi connectivity index (χ4v) is 3.18. The zero-order valence-electron chi connectivity index (χ0n) is 13.6. The van der Waals surface area contributed by atoms with Crippen molar-refractivity contribution in [1.29, 1.82) is 0 Å². The molecule has 2 aromatic heterocycles. The Morgan fingerprint density at radius 1 is 1.32 bits per heavy atom. The second-order valence-electron chi connectivity index (χ2n) is 6.28. The van der Waals surface area contributed by atoms with Crippen molar-refractivity contribution >= 4 is 11.8 Å². The molecule has 25 heavy (non-hydrogen) atoms. The summed E-state index contributed by atoms with van der Waals surface area (Å²) in [6.07, 6.45) is 6.43. The van der Waals surface area contributed by atoms with Crippen LogP contribution in [0.25, 0.3) is 0 Å². The van der Waals surface area contributed by atoms with E-state index in [9.17, 15) is 13.6 Å². The van der Waals surface area contributed by atoms with Gasteiger partial charge in [-0.1, -0.05) is 12.1 Å². The van der Waals surface area contributed by atoms with Gasteiger partial charge in [0.25, 0.3) is 0 Å². The molecular formula is C18H19F2N3O2. The molecule has 1 N–H and O–H groups in total. The number of pyridine rings is 2. The van der Waals surface area contributed by atoms with Crippen LogP contribution in [0.2, 0.25) is 0 Å². The van der Waals surface area contributed by atoms with Gasteiger partial charge in [0.2, 0.25) is 0 Å². The van der Waals surface area contributed by atoms with Crippen LogP contribution in [0.5, 0.6) is 0 Å². The van der Waals surface area contributed by atoms with Crippen LogP contribution in [0, 0.1) is 5.92 Å². The molecule has 0 amide bonds. The number of carboxylic acids is 1. The predicted molar refractivity (Wildman–Crippen MR) is 88.6 cm³/mol. The Labute approximate surface area is 144 Å². The molecule has 1 atom stereocenters. The first kappa shape index (κ1) is 17.3. The van der Waals surface area contributed by atoms with Crippen LogP contribution in [0.1, 0.15) is 24.1 Å². The quantitative estimate of drug-likeness (QED) is 0.900. The number of hydrogen-bond acceptors (Lipinski definition) is 4. The number of halogens is 2. The van der Waals surface area contributed by atoms with Gasteiger partial charge in [-0.05, 0) is 48.9 Å². The van der Waals surface area contributed by atoms with Gasteiger partial charge >= 0.3 is 11.9 Å². The normalized spacial score (nSPS) is 18.2. The van der Waals surface area contributed by atoms with Crippen molar-refractivity contribution in [3.63, 3.8) is 0 Å². The van der Waals surface area contributed by atoms with Crippen LogP contribution >= 0.6 is 0 Å². The second-order valence-corrected chi connectivity index (χ2v) is 6.28. The maximum absolute atomic E-state index is 13.7. The third-order valence-corrected chi connectivity index (χ3v) is 4.41. The zero-order valence-corrected chi connectivity index (χ0v) is 13.6. The molecule has 1 aliphatic rings. The number of piperidine rings is 1. The molecule has 132 valence electrons. The van der Waals surface area contributed by atoms with E-state index in [4.69, 9.17) is 5.11 Å². The molecule has 0 aromatic carbocycles. The first-order chi connectivity index (χ1) is 12.0. The van der Waals surface area contributed by atoms with Gasteiger partial charge in [-0.25, -0.2) is 9.78 Å². The molecule has 1 unspecified atom stereocenters. The molecule has 3 rings (SSSR count). The van der Waals surface area contributed by atoms with Crippen LogP contribution in [0.15, 0.2) is 42.7 Å². The Bertz CT molecular complexity index is 740. The highest BCUT2D eigenvalue weighted by atomic mass is 19.3. The minimum Gasteiger partial charge on any atom is -0.476 e. The molecule has 5 nitrogen and oxygen atoms in total. The average Bonchev–Trinajstić information content (AvgIpc) is 2.63. The summed E-state index contributed by atoms with van der Waals surface area (Å²) in [6.45, 7) is 1.42. The number of anilines is 1. The van der Waals surface area contributed by atoms with E-state index in [0.717, 1.165) is 37.4 Å². The van der Waals surface area contributed by atoms with E-state index in [0.29, 0.717) is 18.3 Å². The smallest absolute Gasteiger partial charge is 0.384 e. The molecule has 0 spiro atoms. The van der Waals surface area contributed by atoms with Crippen molar-refractivity contribution in [3.05, 3.63) is 54.0 Å². The van der Waals surface area contributed by atoms with Crippen LogP contribution in [0.4, 0.5) is 14.6 Å². The lowest BCUT2D eigenvalue weighted by atomic mass is 9.92. The number of hydrogen-bond donors (Lipinski definition) is 1. The van der Waals surface area contributed by atoms with Crippen molar-refractivity contribution < 1.29 is 18.7 Å². The Morgan fingerprint density at radius 2 is 2.16 bits per heavy atom. The number of aromatic nitrogens is 2. The molecule has 1 fully saturated rings. The number of nitrogens with zero attached hydrogens (tertiary/aromatic N) is 3. The molecular weight excluding hydrogens is 328 g/mol. The summed E-state index contributed by atoms with van der Waals surface area (Å²) in [5.41, 5.74) is 0.417. The van der Waals surface area contributed by atoms with Crippen molar-refractivity contribution in [3.8, 4) is 0 Å². The fraction of sp³-hybridized carbons (Fsp3) is 0.389. The maximum Gasteiger partial charge on any atom is 0.384 e. The van der Waals surface area contributed by atoms with E-state index in [1.54, 1.807) is 12.3 Å². The van der Waals surface area contributed by atoms with Gasteiger partial charge in [0.05, 0.1) is 0 Å². The van der Waals surface area contributed by atoms with Gasteiger partial charge in [-0.15, -0.1) is 0 Å². The molecule has 1 saturated heterocycles. The Balaban J connectivity index is 1.74. The highest BCUT2D eigenvalue weighted by Crippen LogP contribution is 2.30. The molecule has 0 saturated carbocycles. The lowest BCUT2D eigenvalue weighted by molar-refractivity contribution is -0.166. The molecule has 3 heterocycles. The summed E-state index contributed by atoms with van der Waals surface area (Å²) >= 11 is 0. The van der Waals surface area contributed by atoms with Crippen LogP contribution < -0.4 is 4.90 Å². The van der Waals surface area contributed by atoms with Gasteiger partial charge < -0.3 is 10.0 Å². The van der Waals surface area contributed by atoms with Gasteiger partial charge in [-0.3, -0.25) is 4.98 Å². The maximum atomic E-state index is 13.7. The van der Waals surface area contributed by atoms with Crippen molar-refractivity contribution in [2.75, 3.05) is 18.0 Å². The van der Waals surface area contributed by atoms with Crippen molar-refractivity contribution in [2.45, 2.75) is 25.2 Å². The second kappa shape index (κ2) is 7.13. The minimum absolute atomic E-state index is 0.378. The summed E-state index contributed by atoms with van der Waals surface area (Å²) in [5, 5.41) is 8.69. The number of aliphatic carboxylic acids is 1. The highest BCUT2D eigenvalue weighted by Gasteiger charge is 2.43. The average molecular weight is 347 g/mol. The Hall–Kier alpha value is -2.57. The minimum atomic E-state index is -3.99. The first-order valence-electron chi connectivity index (χ1n) is 8.19. The van der Waals surface area contributed by atoms with Gasteiger partial charge in [0.1, 0.15) is 11.5 Å². The van der Waals surface area contributed by atoms with E-state index in [-0.39, 0.29) is 0 Å². The topological polar surface area (TPSA) is 66.3 Å². The Morgan fingerprint density at radius 3 is 2.88 bits per heavy atom. The summed E-state index contributed by atoms with van der Waals surface area (Å²) in [6, 6.07) is 8.05. The molecule has 7 heteroatoms. The van der Waals surface area contributed by atoms with Crippen LogP contribution in [0.3, 0.4) is 0 Å². The molecule has 0 aliphatic carbocycles.